The molecule has 0 aliphatic rings. The van der Waals surface area contributed by atoms with Gasteiger partial charge in [0.1, 0.15) is 5.69 Å². The maximum Gasteiger partial charge on any atom is 0.223 e. The summed E-state index contributed by atoms with van der Waals surface area (Å²) in [4.78, 5) is 5.47. The molecule has 2 N–H and O–H groups in total. The van der Waals surface area contributed by atoms with Gasteiger partial charge in [0, 0.05) is 11.9 Å². The Bertz CT molecular complexity index is 786. The molecule has 7 heteroatoms. The van der Waals surface area contributed by atoms with Gasteiger partial charge in [-0.15, -0.1) is 15.0 Å². The molecular weight excluding hydrogens is 254 g/mol. The Labute approximate surface area is 114 Å². The maximum atomic E-state index is 8.94. The zero-order valence-electron chi connectivity index (χ0n) is 10.3. The van der Waals surface area contributed by atoms with Crippen LogP contribution in [0.15, 0.2) is 42.6 Å². The van der Waals surface area contributed by atoms with Crippen molar-refractivity contribution in [3.63, 3.8) is 0 Å². The van der Waals surface area contributed by atoms with Crippen molar-refractivity contribution in [3.05, 3.63) is 48.2 Å². The highest BCUT2D eigenvalue weighted by Gasteiger charge is 2.09. The molecule has 0 bridgehead atoms. The topological polar surface area (TPSA) is 106 Å². The molecule has 0 saturated heterocycles. The number of nitrogens with zero attached hydrogens (tertiary/aromatic N) is 6. The number of nitriles is 1. The molecule has 0 fully saturated rings. The van der Waals surface area contributed by atoms with E-state index in [0.29, 0.717) is 28.5 Å². The molecule has 0 aliphatic heterocycles. The van der Waals surface area contributed by atoms with Crippen molar-refractivity contribution in [2.45, 2.75) is 0 Å². The molecule has 3 rings (SSSR count). The second-order valence-electron chi connectivity index (χ2n) is 4.04. The predicted molar refractivity (Wildman–Crippen MR) is 71.5 cm³/mol. The Kier molecular flexibility index (Phi) is 2.82. The average molecular weight is 263 g/mol. The van der Waals surface area contributed by atoms with Crippen molar-refractivity contribution >= 4 is 5.69 Å². The monoisotopic (exact) mass is 263 g/mol. The van der Waals surface area contributed by atoms with Gasteiger partial charge in [-0.2, -0.15) is 5.26 Å². The number of aromatic nitrogens is 5. The smallest absolute Gasteiger partial charge is 0.223 e. The lowest BCUT2D eigenvalue weighted by Gasteiger charge is -2.00. The van der Waals surface area contributed by atoms with Crippen LogP contribution in [0, 0.1) is 11.3 Å². The zero-order chi connectivity index (χ0) is 13.9. The Morgan fingerprint density at radius 2 is 2.10 bits per heavy atom. The van der Waals surface area contributed by atoms with Crippen molar-refractivity contribution in [3.8, 4) is 23.3 Å². The first-order valence-corrected chi connectivity index (χ1v) is 5.79. The first kappa shape index (κ1) is 11.8. The highest BCUT2D eigenvalue weighted by Crippen LogP contribution is 2.15. The minimum atomic E-state index is 0.409. The van der Waals surface area contributed by atoms with Gasteiger partial charge in [-0.05, 0) is 35.5 Å². The van der Waals surface area contributed by atoms with Crippen molar-refractivity contribution in [2.75, 3.05) is 5.73 Å². The first-order chi connectivity index (χ1) is 9.76. The molecule has 1 aromatic carbocycles. The van der Waals surface area contributed by atoms with Crippen LogP contribution in [0.5, 0.6) is 0 Å². The van der Waals surface area contributed by atoms with Gasteiger partial charge in [0.25, 0.3) is 0 Å². The molecule has 3 aromatic rings. The lowest BCUT2D eigenvalue weighted by atomic mass is 10.2. The summed E-state index contributed by atoms with van der Waals surface area (Å²) < 4.78 is 0. The van der Waals surface area contributed by atoms with Gasteiger partial charge >= 0.3 is 0 Å². The molecule has 0 radical (unpaired) electrons. The van der Waals surface area contributed by atoms with Gasteiger partial charge in [0.05, 0.1) is 17.3 Å². The predicted octanol–water partition coefficient (Wildman–Crippen LogP) is 1.18. The van der Waals surface area contributed by atoms with Crippen molar-refractivity contribution in [1.82, 2.24) is 25.2 Å². The van der Waals surface area contributed by atoms with E-state index in [4.69, 9.17) is 11.0 Å². The lowest BCUT2D eigenvalue weighted by molar-refractivity contribution is 0.720. The summed E-state index contributed by atoms with van der Waals surface area (Å²) in [6.45, 7) is 0. The molecule has 7 nitrogen and oxygen atoms in total. The molecule has 96 valence electrons. The molecule has 0 amide bonds. The Morgan fingerprint density at radius 3 is 2.85 bits per heavy atom. The summed E-state index contributed by atoms with van der Waals surface area (Å²) in [5.41, 5.74) is 7.85. The molecule has 0 unspecified atom stereocenters. The van der Waals surface area contributed by atoms with E-state index in [0.717, 1.165) is 0 Å². The van der Waals surface area contributed by atoms with Gasteiger partial charge in [0.2, 0.25) is 5.82 Å². The minimum Gasteiger partial charge on any atom is -0.399 e. The number of tetrazole rings is 1. The number of hydrogen-bond donors (Lipinski definition) is 1. The highest BCUT2D eigenvalue weighted by atomic mass is 15.6. The summed E-state index contributed by atoms with van der Waals surface area (Å²) in [5, 5.41) is 21.1. The molecule has 0 spiro atoms. The Morgan fingerprint density at radius 1 is 1.20 bits per heavy atom. The number of hydrogen-bond acceptors (Lipinski definition) is 6. The third-order valence-corrected chi connectivity index (χ3v) is 2.61. The number of pyridine rings is 1. The third-order valence-electron chi connectivity index (χ3n) is 2.61. The largest absolute Gasteiger partial charge is 0.399 e. The van der Waals surface area contributed by atoms with Crippen LogP contribution in [-0.4, -0.2) is 25.2 Å². The fourth-order valence-electron chi connectivity index (χ4n) is 1.74. The van der Waals surface area contributed by atoms with E-state index >= 15 is 0 Å². The number of benzene rings is 1. The number of nitrogens with two attached hydrogens (primary N) is 1. The van der Waals surface area contributed by atoms with Crippen LogP contribution >= 0.6 is 0 Å². The van der Waals surface area contributed by atoms with Crippen LogP contribution in [0.25, 0.3) is 17.2 Å². The Balaban J connectivity index is 2.03. The second kappa shape index (κ2) is 4.78. The van der Waals surface area contributed by atoms with E-state index in [1.54, 1.807) is 30.5 Å². The third kappa shape index (κ3) is 2.18. The van der Waals surface area contributed by atoms with Crippen LogP contribution in [0.1, 0.15) is 5.56 Å². The van der Waals surface area contributed by atoms with E-state index in [9.17, 15) is 0 Å². The standard InChI is InChI=1S/C13H9N7/c14-8-9-5-10(15)7-11(6-9)20-18-13(17-19-20)12-3-1-2-4-16-12/h1-7H,15H2. The summed E-state index contributed by atoms with van der Waals surface area (Å²) in [6, 6.07) is 12.4. The van der Waals surface area contributed by atoms with Gasteiger partial charge in [-0.25, -0.2) is 0 Å². The van der Waals surface area contributed by atoms with Crippen LogP contribution in [0.2, 0.25) is 0 Å². The zero-order valence-corrected chi connectivity index (χ0v) is 10.3. The number of anilines is 1. The first-order valence-electron chi connectivity index (χ1n) is 5.79. The van der Waals surface area contributed by atoms with Gasteiger partial charge in [-0.1, -0.05) is 6.07 Å². The molecule has 2 heterocycles. The van der Waals surface area contributed by atoms with Gasteiger partial charge in [-0.3, -0.25) is 4.98 Å². The quantitative estimate of drug-likeness (QED) is 0.696. The number of nitrogen functional groups attached to an aromatic ring is 1. The summed E-state index contributed by atoms with van der Waals surface area (Å²) >= 11 is 0. The van der Waals surface area contributed by atoms with Crippen LogP contribution < -0.4 is 5.73 Å². The SMILES string of the molecule is N#Cc1cc(N)cc(-n2nnc(-c3ccccn3)n2)c1. The normalized spacial score (nSPS) is 10.2. The van der Waals surface area contributed by atoms with Crippen molar-refractivity contribution < 1.29 is 0 Å². The maximum absolute atomic E-state index is 8.94. The van der Waals surface area contributed by atoms with Crippen molar-refractivity contribution in [2.24, 2.45) is 0 Å². The molecule has 2 aromatic heterocycles. The minimum absolute atomic E-state index is 0.409. The Hall–Kier alpha value is -3.27. The van der Waals surface area contributed by atoms with E-state index in [1.807, 2.05) is 18.2 Å². The summed E-state index contributed by atoms with van der Waals surface area (Å²) in [6.07, 6.45) is 1.66. The van der Waals surface area contributed by atoms with E-state index < -0.39 is 0 Å². The molecular formula is C13H9N7. The highest BCUT2D eigenvalue weighted by molar-refractivity contribution is 5.54. The van der Waals surface area contributed by atoms with E-state index in [1.165, 1.54) is 4.80 Å². The van der Waals surface area contributed by atoms with Crippen LogP contribution in [0.3, 0.4) is 0 Å². The summed E-state index contributed by atoms with van der Waals surface area (Å²) in [5.74, 6) is 0.409. The fraction of sp³-hybridized carbons (Fsp3) is 0. The van der Waals surface area contributed by atoms with Crippen LogP contribution in [0.4, 0.5) is 5.69 Å². The fourth-order valence-corrected chi connectivity index (χ4v) is 1.74. The van der Waals surface area contributed by atoms with Crippen LogP contribution in [-0.2, 0) is 0 Å². The second-order valence-corrected chi connectivity index (χ2v) is 4.04. The molecule has 0 saturated carbocycles. The average Bonchev–Trinajstić information content (AvgIpc) is 2.97. The van der Waals surface area contributed by atoms with Crippen molar-refractivity contribution in [1.29, 1.82) is 5.26 Å². The number of rotatable bonds is 2. The summed E-state index contributed by atoms with van der Waals surface area (Å²) in [7, 11) is 0. The molecule has 0 aliphatic carbocycles. The lowest BCUT2D eigenvalue weighted by Crippen LogP contribution is -2.01. The van der Waals surface area contributed by atoms with Gasteiger partial charge < -0.3 is 5.73 Å². The van der Waals surface area contributed by atoms with E-state index in [-0.39, 0.29) is 0 Å². The molecule has 20 heavy (non-hydrogen) atoms. The molecule has 0 atom stereocenters. The van der Waals surface area contributed by atoms with E-state index in [2.05, 4.69) is 20.4 Å². The van der Waals surface area contributed by atoms with Gasteiger partial charge in [0.15, 0.2) is 0 Å².